The van der Waals surface area contributed by atoms with Gasteiger partial charge in [0.2, 0.25) is 0 Å². The molecule has 0 unspecified atom stereocenters. The highest BCUT2D eigenvalue weighted by Gasteiger charge is 2.39. The fraction of sp³-hybridized carbons (Fsp3) is 0.650. The summed E-state index contributed by atoms with van der Waals surface area (Å²) in [7, 11) is 0. The molecule has 4 heteroatoms. The number of benzene rings is 1. The zero-order valence-electron chi connectivity index (χ0n) is 14.9. The SMILES string of the molecule is CCc1nn(C2CCCC2)c2cc([C@@H]3CNC[C@@]3(C)CO)ccc12. The van der Waals surface area contributed by atoms with Crippen molar-refractivity contribution in [3.63, 3.8) is 0 Å². The Kier molecular flexibility index (Phi) is 4.13. The molecule has 2 fully saturated rings. The van der Waals surface area contributed by atoms with Gasteiger partial charge in [-0.1, -0.05) is 38.8 Å². The maximum atomic E-state index is 9.88. The second-order valence-electron chi connectivity index (χ2n) is 7.96. The summed E-state index contributed by atoms with van der Waals surface area (Å²) in [6, 6.07) is 7.44. The van der Waals surface area contributed by atoms with Crippen LogP contribution in [0.2, 0.25) is 0 Å². The summed E-state index contributed by atoms with van der Waals surface area (Å²) in [5, 5.41) is 19.6. The second-order valence-corrected chi connectivity index (χ2v) is 7.96. The van der Waals surface area contributed by atoms with Gasteiger partial charge >= 0.3 is 0 Å². The molecular formula is C20H29N3O. The number of hydrogen-bond acceptors (Lipinski definition) is 3. The Labute approximate surface area is 144 Å². The minimum Gasteiger partial charge on any atom is -0.396 e. The third kappa shape index (κ3) is 2.47. The average Bonchev–Trinajstić information content (AvgIpc) is 3.32. The molecule has 1 aliphatic heterocycles. The van der Waals surface area contributed by atoms with Crippen LogP contribution in [0.15, 0.2) is 18.2 Å². The van der Waals surface area contributed by atoms with Gasteiger partial charge in [0.15, 0.2) is 0 Å². The van der Waals surface area contributed by atoms with Crippen LogP contribution in [-0.4, -0.2) is 34.6 Å². The quantitative estimate of drug-likeness (QED) is 0.905. The lowest BCUT2D eigenvalue weighted by atomic mass is 9.76. The van der Waals surface area contributed by atoms with E-state index in [0.717, 1.165) is 19.5 Å². The molecule has 24 heavy (non-hydrogen) atoms. The summed E-state index contributed by atoms with van der Waals surface area (Å²) in [6.07, 6.45) is 6.13. The molecular weight excluding hydrogens is 298 g/mol. The number of nitrogens with one attached hydrogen (secondary N) is 1. The summed E-state index contributed by atoms with van der Waals surface area (Å²) in [6.45, 7) is 6.44. The van der Waals surface area contributed by atoms with E-state index < -0.39 is 0 Å². The fourth-order valence-corrected chi connectivity index (χ4v) is 4.68. The second kappa shape index (κ2) is 6.16. The highest BCUT2D eigenvalue weighted by Crippen LogP contribution is 2.40. The van der Waals surface area contributed by atoms with Crippen molar-refractivity contribution >= 4 is 10.9 Å². The number of aryl methyl sites for hydroxylation is 1. The first-order valence-electron chi connectivity index (χ1n) is 9.49. The Hall–Kier alpha value is -1.39. The number of aliphatic hydroxyl groups excluding tert-OH is 1. The monoisotopic (exact) mass is 327 g/mol. The normalized spacial score (nSPS) is 28.2. The van der Waals surface area contributed by atoms with Gasteiger partial charge in [0.1, 0.15) is 0 Å². The van der Waals surface area contributed by atoms with Gasteiger partial charge in [0.25, 0.3) is 0 Å². The van der Waals surface area contributed by atoms with Crippen molar-refractivity contribution < 1.29 is 5.11 Å². The van der Waals surface area contributed by atoms with Crippen molar-refractivity contribution in [2.45, 2.75) is 57.9 Å². The Morgan fingerprint density at radius 3 is 2.83 bits per heavy atom. The third-order valence-electron chi connectivity index (χ3n) is 6.30. The molecule has 1 aliphatic carbocycles. The van der Waals surface area contributed by atoms with Gasteiger partial charge in [0, 0.05) is 29.8 Å². The first-order chi connectivity index (χ1) is 11.7. The summed E-state index contributed by atoms with van der Waals surface area (Å²) >= 11 is 0. The van der Waals surface area contributed by atoms with Gasteiger partial charge in [-0.2, -0.15) is 5.10 Å². The first-order valence-corrected chi connectivity index (χ1v) is 9.49. The van der Waals surface area contributed by atoms with E-state index >= 15 is 0 Å². The van der Waals surface area contributed by atoms with Gasteiger partial charge in [0.05, 0.1) is 23.9 Å². The maximum Gasteiger partial charge on any atom is 0.0700 e. The summed E-state index contributed by atoms with van der Waals surface area (Å²) in [5.74, 6) is 0.365. The van der Waals surface area contributed by atoms with E-state index in [2.05, 4.69) is 42.0 Å². The van der Waals surface area contributed by atoms with Crippen LogP contribution in [0.1, 0.15) is 62.7 Å². The molecule has 0 spiro atoms. The van der Waals surface area contributed by atoms with E-state index in [1.54, 1.807) is 0 Å². The molecule has 130 valence electrons. The van der Waals surface area contributed by atoms with Gasteiger partial charge in [-0.25, -0.2) is 0 Å². The van der Waals surface area contributed by atoms with Crippen LogP contribution >= 0.6 is 0 Å². The van der Waals surface area contributed by atoms with Crippen molar-refractivity contribution in [2.24, 2.45) is 5.41 Å². The van der Waals surface area contributed by atoms with Crippen LogP contribution in [-0.2, 0) is 6.42 Å². The van der Waals surface area contributed by atoms with Crippen LogP contribution in [0.25, 0.3) is 10.9 Å². The number of aliphatic hydroxyl groups is 1. The maximum absolute atomic E-state index is 9.88. The van der Waals surface area contributed by atoms with Crippen molar-refractivity contribution in [3.05, 3.63) is 29.5 Å². The molecule has 0 amide bonds. The van der Waals surface area contributed by atoms with E-state index in [1.807, 2.05) is 0 Å². The third-order valence-corrected chi connectivity index (χ3v) is 6.30. The largest absolute Gasteiger partial charge is 0.396 e. The van der Waals surface area contributed by atoms with Gasteiger partial charge in [-0.05, 0) is 30.9 Å². The van der Waals surface area contributed by atoms with Crippen LogP contribution in [0.4, 0.5) is 0 Å². The lowest BCUT2D eigenvalue weighted by molar-refractivity contribution is 0.144. The molecule has 0 bridgehead atoms. The molecule has 1 aromatic heterocycles. The van der Waals surface area contributed by atoms with Crippen molar-refractivity contribution in [1.82, 2.24) is 15.1 Å². The molecule has 2 heterocycles. The lowest BCUT2D eigenvalue weighted by Crippen LogP contribution is -2.29. The number of aromatic nitrogens is 2. The standard InChI is InChI=1S/C20H29N3O/c1-3-18-16-9-8-14(17-11-21-12-20(17,2)13-24)10-19(16)23(22-18)15-6-4-5-7-15/h8-10,15,17,21,24H,3-7,11-13H2,1-2H3/t17-,20-/m0/s1. The molecule has 2 atom stereocenters. The molecule has 4 rings (SSSR count). The van der Waals surface area contributed by atoms with E-state index in [9.17, 15) is 5.11 Å². The zero-order valence-corrected chi connectivity index (χ0v) is 14.9. The molecule has 0 radical (unpaired) electrons. The van der Waals surface area contributed by atoms with Gasteiger partial charge < -0.3 is 10.4 Å². The smallest absolute Gasteiger partial charge is 0.0700 e. The lowest BCUT2D eigenvalue weighted by Gasteiger charge is -2.28. The average molecular weight is 327 g/mol. The van der Waals surface area contributed by atoms with Crippen molar-refractivity contribution in [3.8, 4) is 0 Å². The van der Waals surface area contributed by atoms with Crippen LogP contribution < -0.4 is 5.32 Å². The predicted octanol–water partition coefficient (Wildman–Crippen LogP) is 3.40. The summed E-state index contributed by atoms with van der Waals surface area (Å²) < 4.78 is 2.31. The summed E-state index contributed by atoms with van der Waals surface area (Å²) in [5.41, 5.74) is 3.78. The Morgan fingerprint density at radius 2 is 2.12 bits per heavy atom. The van der Waals surface area contributed by atoms with E-state index in [4.69, 9.17) is 5.10 Å². The van der Waals surface area contributed by atoms with E-state index in [0.29, 0.717) is 12.0 Å². The molecule has 2 N–H and O–H groups in total. The highest BCUT2D eigenvalue weighted by atomic mass is 16.3. The van der Waals surface area contributed by atoms with E-state index in [1.165, 1.54) is 47.8 Å². The molecule has 1 saturated heterocycles. The number of nitrogens with zero attached hydrogens (tertiary/aromatic N) is 2. The minimum absolute atomic E-state index is 0.0700. The fourth-order valence-electron chi connectivity index (χ4n) is 4.68. The molecule has 2 aromatic rings. The molecule has 1 saturated carbocycles. The highest BCUT2D eigenvalue weighted by molar-refractivity contribution is 5.83. The minimum atomic E-state index is -0.0700. The summed E-state index contributed by atoms with van der Waals surface area (Å²) in [4.78, 5) is 0. The predicted molar refractivity (Wildman–Crippen MR) is 97.4 cm³/mol. The van der Waals surface area contributed by atoms with Gasteiger partial charge in [-0.3, -0.25) is 4.68 Å². The van der Waals surface area contributed by atoms with Gasteiger partial charge in [-0.15, -0.1) is 0 Å². The van der Waals surface area contributed by atoms with Crippen LogP contribution in [0, 0.1) is 5.41 Å². The Balaban J connectivity index is 1.80. The number of rotatable bonds is 4. The Bertz CT molecular complexity index is 732. The first kappa shape index (κ1) is 16.1. The zero-order chi connectivity index (χ0) is 16.7. The Morgan fingerprint density at radius 1 is 1.33 bits per heavy atom. The van der Waals surface area contributed by atoms with Crippen LogP contribution in [0.5, 0.6) is 0 Å². The van der Waals surface area contributed by atoms with E-state index in [-0.39, 0.29) is 12.0 Å². The molecule has 2 aliphatic rings. The molecule has 1 aromatic carbocycles. The van der Waals surface area contributed by atoms with Crippen molar-refractivity contribution in [1.29, 1.82) is 0 Å². The number of hydrogen-bond donors (Lipinski definition) is 2. The van der Waals surface area contributed by atoms with Crippen LogP contribution in [0.3, 0.4) is 0 Å². The number of fused-ring (bicyclic) bond motifs is 1. The topological polar surface area (TPSA) is 50.1 Å². The van der Waals surface area contributed by atoms with Crippen molar-refractivity contribution in [2.75, 3.05) is 19.7 Å². The molecule has 4 nitrogen and oxygen atoms in total.